The van der Waals surface area contributed by atoms with Crippen LogP contribution in [0.4, 0.5) is 0 Å². The Morgan fingerprint density at radius 3 is 2.75 bits per heavy atom. The Labute approximate surface area is 102 Å². The van der Waals surface area contributed by atoms with E-state index in [9.17, 15) is 4.79 Å². The number of amides is 1. The van der Waals surface area contributed by atoms with Crippen molar-refractivity contribution in [3.8, 4) is 0 Å². The molecule has 3 N–H and O–H groups in total. The SMILES string of the molecule is CNC/C=C\SCC(=O)NC(C)(C)CCO. The number of likely N-dealkylation sites (N-methyl/N-ethyl adjacent to an activating group) is 1. The standard InChI is InChI=1S/C11H22N2O2S/c1-11(2,5-7-14)13-10(15)9-16-8-4-6-12-3/h4,8,12,14H,5-7,9H2,1-3H3,(H,13,15)/b8-4-. The molecule has 0 aliphatic rings. The Kier molecular flexibility index (Phi) is 8.33. The van der Waals surface area contributed by atoms with Crippen LogP contribution < -0.4 is 10.6 Å². The first kappa shape index (κ1) is 15.5. The highest BCUT2D eigenvalue weighted by molar-refractivity contribution is 8.02. The van der Waals surface area contributed by atoms with E-state index in [1.165, 1.54) is 11.8 Å². The zero-order chi connectivity index (χ0) is 12.4. The number of rotatable bonds is 8. The molecular formula is C11H22N2O2S. The zero-order valence-corrected chi connectivity index (χ0v) is 11.1. The van der Waals surface area contributed by atoms with Crippen LogP contribution in [0, 0.1) is 0 Å². The van der Waals surface area contributed by atoms with Crippen LogP contribution in [0.2, 0.25) is 0 Å². The number of aliphatic hydroxyl groups is 1. The minimum absolute atomic E-state index is 0.00226. The average molecular weight is 246 g/mol. The molecule has 0 aromatic carbocycles. The predicted molar refractivity (Wildman–Crippen MR) is 69.4 cm³/mol. The molecule has 94 valence electrons. The summed E-state index contributed by atoms with van der Waals surface area (Å²) >= 11 is 1.46. The Hall–Kier alpha value is -0.520. The molecule has 0 rings (SSSR count). The lowest BCUT2D eigenvalue weighted by atomic mass is 10.0. The van der Waals surface area contributed by atoms with E-state index in [4.69, 9.17) is 5.11 Å². The molecule has 0 saturated carbocycles. The lowest BCUT2D eigenvalue weighted by Gasteiger charge is -2.25. The van der Waals surface area contributed by atoms with E-state index in [1.54, 1.807) is 0 Å². The minimum atomic E-state index is -0.332. The summed E-state index contributed by atoms with van der Waals surface area (Å²) in [6.07, 6.45) is 2.54. The third kappa shape index (κ3) is 8.76. The maximum Gasteiger partial charge on any atom is 0.230 e. The molecule has 0 saturated heterocycles. The summed E-state index contributed by atoms with van der Waals surface area (Å²) in [6.45, 7) is 4.71. The predicted octanol–water partition coefficient (Wildman–Crippen LogP) is 0.730. The molecule has 0 aliphatic heterocycles. The first-order valence-corrected chi connectivity index (χ1v) is 6.40. The summed E-state index contributed by atoms with van der Waals surface area (Å²) in [7, 11) is 1.87. The second-order valence-corrected chi connectivity index (χ2v) is 5.04. The average Bonchev–Trinajstić information content (AvgIpc) is 2.16. The molecule has 0 fully saturated rings. The summed E-state index contributed by atoms with van der Waals surface area (Å²) in [4.78, 5) is 11.5. The molecular weight excluding hydrogens is 224 g/mol. The second kappa shape index (κ2) is 8.61. The van der Waals surface area contributed by atoms with Crippen LogP contribution in [-0.4, -0.2) is 42.5 Å². The summed E-state index contributed by atoms with van der Waals surface area (Å²) in [5, 5.41) is 16.6. The summed E-state index contributed by atoms with van der Waals surface area (Å²) in [5.74, 6) is 0.410. The van der Waals surface area contributed by atoms with E-state index in [-0.39, 0.29) is 18.1 Å². The molecule has 0 unspecified atom stereocenters. The highest BCUT2D eigenvalue weighted by Gasteiger charge is 2.18. The quantitative estimate of drug-likeness (QED) is 0.591. The van der Waals surface area contributed by atoms with Crippen molar-refractivity contribution in [2.75, 3.05) is 26.0 Å². The van der Waals surface area contributed by atoms with Crippen molar-refractivity contribution >= 4 is 17.7 Å². The lowest BCUT2D eigenvalue weighted by Crippen LogP contribution is -2.44. The molecule has 0 spiro atoms. The highest BCUT2D eigenvalue weighted by atomic mass is 32.2. The van der Waals surface area contributed by atoms with Gasteiger partial charge in [-0.05, 0) is 32.7 Å². The van der Waals surface area contributed by atoms with Crippen molar-refractivity contribution in [2.45, 2.75) is 25.8 Å². The number of thioether (sulfide) groups is 1. The maximum atomic E-state index is 11.5. The Balaban J connectivity index is 3.73. The first-order chi connectivity index (χ1) is 7.52. The van der Waals surface area contributed by atoms with Gasteiger partial charge in [-0.3, -0.25) is 4.79 Å². The van der Waals surface area contributed by atoms with Crippen molar-refractivity contribution in [1.82, 2.24) is 10.6 Å². The van der Waals surface area contributed by atoms with Gasteiger partial charge in [-0.1, -0.05) is 6.08 Å². The van der Waals surface area contributed by atoms with Gasteiger partial charge in [-0.15, -0.1) is 11.8 Å². The number of carbonyl (C=O) groups is 1. The molecule has 0 radical (unpaired) electrons. The van der Waals surface area contributed by atoms with E-state index in [0.717, 1.165) is 6.54 Å². The third-order valence-electron chi connectivity index (χ3n) is 1.94. The molecule has 0 aromatic rings. The Morgan fingerprint density at radius 1 is 1.50 bits per heavy atom. The van der Waals surface area contributed by atoms with Gasteiger partial charge < -0.3 is 15.7 Å². The fraction of sp³-hybridized carbons (Fsp3) is 0.727. The fourth-order valence-corrected chi connectivity index (χ4v) is 1.67. The largest absolute Gasteiger partial charge is 0.396 e. The maximum absolute atomic E-state index is 11.5. The number of hydrogen-bond donors (Lipinski definition) is 3. The van der Waals surface area contributed by atoms with E-state index >= 15 is 0 Å². The number of nitrogens with one attached hydrogen (secondary N) is 2. The highest BCUT2D eigenvalue weighted by Crippen LogP contribution is 2.08. The van der Waals surface area contributed by atoms with Crippen molar-refractivity contribution in [3.05, 3.63) is 11.5 Å². The Bertz CT molecular complexity index is 230. The van der Waals surface area contributed by atoms with Gasteiger partial charge in [0.25, 0.3) is 0 Å². The summed E-state index contributed by atoms with van der Waals surface area (Å²) < 4.78 is 0. The zero-order valence-electron chi connectivity index (χ0n) is 10.2. The molecule has 0 bridgehead atoms. The molecule has 0 aromatic heterocycles. The van der Waals surface area contributed by atoms with Crippen molar-refractivity contribution in [3.63, 3.8) is 0 Å². The van der Waals surface area contributed by atoms with Gasteiger partial charge in [-0.2, -0.15) is 0 Å². The van der Waals surface area contributed by atoms with Crippen molar-refractivity contribution < 1.29 is 9.90 Å². The van der Waals surface area contributed by atoms with Crippen LogP contribution in [0.15, 0.2) is 11.5 Å². The van der Waals surface area contributed by atoms with Crippen LogP contribution in [0.1, 0.15) is 20.3 Å². The van der Waals surface area contributed by atoms with Gasteiger partial charge in [0, 0.05) is 18.7 Å². The molecule has 0 heterocycles. The van der Waals surface area contributed by atoms with Crippen LogP contribution in [0.5, 0.6) is 0 Å². The van der Waals surface area contributed by atoms with Crippen LogP contribution >= 0.6 is 11.8 Å². The molecule has 4 nitrogen and oxygen atoms in total. The molecule has 1 amide bonds. The molecule has 0 aliphatic carbocycles. The van der Waals surface area contributed by atoms with Crippen LogP contribution in [0.25, 0.3) is 0 Å². The van der Waals surface area contributed by atoms with Gasteiger partial charge in [-0.25, -0.2) is 0 Å². The topological polar surface area (TPSA) is 61.4 Å². The monoisotopic (exact) mass is 246 g/mol. The number of hydrogen-bond acceptors (Lipinski definition) is 4. The van der Waals surface area contributed by atoms with Gasteiger partial charge in [0.05, 0.1) is 5.75 Å². The number of carbonyl (C=O) groups excluding carboxylic acids is 1. The summed E-state index contributed by atoms with van der Waals surface area (Å²) in [6, 6.07) is 0. The first-order valence-electron chi connectivity index (χ1n) is 5.35. The lowest BCUT2D eigenvalue weighted by molar-refractivity contribution is -0.120. The normalized spacial score (nSPS) is 12.0. The molecule has 16 heavy (non-hydrogen) atoms. The molecule has 0 atom stereocenters. The molecule has 5 heteroatoms. The van der Waals surface area contributed by atoms with E-state index < -0.39 is 0 Å². The van der Waals surface area contributed by atoms with Crippen LogP contribution in [-0.2, 0) is 4.79 Å². The van der Waals surface area contributed by atoms with E-state index in [0.29, 0.717) is 12.2 Å². The summed E-state index contributed by atoms with van der Waals surface area (Å²) in [5.41, 5.74) is -0.332. The van der Waals surface area contributed by atoms with Gasteiger partial charge >= 0.3 is 0 Å². The van der Waals surface area contributed by atoms with Crippen LogP contribution in [0.3, 0.4) is 0 Å². The van der Waals surface area contributed by atoms with Crippen molar-refractivity contribution in [1.29, 1.82) is 0 Å². The smallest absolute Gasteiger partial charge is 0.230 e. The van der Waals surface area contributed by atoms with E-state index in [1.807, 2.05) is 32.4 Å². The fourth-order valence-electron chi connectivity index (χ4n) is 1.11. The second-order valence-electron chi connectivity index (χ2n) is 4.15. The minimum Gasteiger partial charge on any atom is -0.396 e. The Morgan fingerprint density at radius 2 is 2.19 bits per heavy atom. The van der Waals surface area contributed by atoms with Crippen molar-refractivity contribution in [2.24, 2.45) is 0 Å². The van der Waals surface area contributed by atoms with Gasteiger partial charge in [0.15, 0.2) is 0 Å². The number of aliphatic hydroxyl groups excluding tert-OH is 1. The van der Waals surface area contributed by atoms with E-state index in [2.05, 4.69) is 10.6 Å². The van der Waals surface area contributed by atoms with Gasteiger partial charge in [0.2, 0.25) is 5.91 Å². The third-order valence-corrected chi connectivity index (χ3v) is 2.76. The van der Waals surface area contributed by atoms with Gasteiger partial charge in [0.1, 0.15) is 0 Å².